The van der Waals surface area contributed by atoms with Gasteiger partial charge in [0.1, 0.15) is 11.8 Å². The summed E-state index contributed by atoms with van der Waals surface area (Å²) in [4.78, 5) is 0. The molecule has 0 atom stereocenters. The van der Waals surface area contributed by atoms with Crippen LogP contribution < -0.4 is 11.6 Å². The van der Waals surface area contributed by atoms with Crippen LogP contribution in [-0.2, 0) is 0 Å². The highest BCUT2D eigenvalue weighted by molar-refractivity contribution is 6.00. The highest BCUT2D eigenvalue weighted by atomic mass is 16.3. The molecule has 0 aliphatic heterocycles. The average molecular weight is 187 g/mol. The van der Waals surface area contributed by atoms with E-state index < -0.39 is 0 Å². The van der Waals surface area contributed by atoms with Crippen LogP contribution in [0.15, 0.2) is 35.1 Å². The number of furan rings is 1. The number of rotatable bonds is 0. The van der Waals surface area contributed by atoms with Gasteiger partial charge in [0.25, 0.3) is 0 Å². The van der Waals surface area contributed by atoms with E-state index in [1.54, 1.807) is 17.1 Å². The SMILES string of the molecule is Nc1coc2cc3c(ccn3N)cc12. The maximum atomic E-state index is 5.74. The number of aromatic nitrogens is 1. The predicted octanol–water partition coefficient (Wildman–Crippen LogP) is 1.68. The monoisotopic (exact) mass is 187 g/mol. The van der Waals surface area contributed by atoms with Gasteiger partial charge in [-0.1, -0.05) is 0 Å². The van der Waals surface area contributed by atoms with E-state index in [0.29, 0.717) is 5.69 Å². The number of nitrogens with two attached hydrogens (primary N) is 2. The Morgan fingerprint density at radius 3 is 3.00 bits per heavy atom. The summed E-state index contributed by atoms with van der Waals surface area (Å²) in [5, 5.41) is 2.00. The summed E-state index contributed by atoms with van der Waals surface area (Å²) >= 11 is 0. The Balaban J connectivity index is 2.56. The number of fused-ring (bicyclic) bond motifs is 2. The zero-order chi connectivity index (χ0) is 9.71. The van der Waals surface area contributed by atoms with Crippen LogP contribution in [0.2, 0.25) is 0 Å². The van der Waals surface area contributed by atoms with Crippen molar-refractivity contribution in [2.24, 2.45) is 0 Å². The molecule has 4 N–H and O–H groups in total. The van der Waals surface area contributed by atoms with E-state index in [9.17, 15) is 0 Å². The fourth-order valence-electron chi connectivity index (χ4n) is 1.70. The Kier molecular flexibility index (Phi) is 1.16. The number of hydrogen-bond donors (Lipinski definition) is 2. The van der Waals surface area contributed by atoms with Crippen LogP contribution in [0.3, 0.4) is 0 Å². The minimum Gasteiger partial charge on any atom is -0.462 e. The molecule has 2 heterocycles. The molecule has 3 aromatic rings. The Bertz CT molecular complexity index is 564. The number of nitrogens with zero attached hydrogens (tertiary/aromatic N) is 1. The third kappa shape index (κ3) is 0.771. The van der Waals surface area contributed by atoms with Gasteiger partial charge in [0.05, 0.1) is 11.2 Å². The fraction of sp³-hybridized carbons (Fsp3) is 0. The Labute approximate surface area is 79.7 Å². The van der Waals surface area contributed by atoms with Crippen molar-refractivity contribution >= 4 is 27.6 Å². The van der Waals surface area contributed by atoms with Crippen molar-refractivity contribution in [3.8, 4) is 0 Å². The third-order valence-electron chi connectivity index (χ3n) is 2.45. The third-order valence-corrected chi connectivity index (χ3v) is 2.45. The molecule has 0 amide bonds. The molecule has 4 nitrogen and oxygen atoms in total. The molecule has 0 fully saturated rings. The van der Waals surface area contributed by atoms with Crippen LogP contribution in [0.1, 0.15) is 0 Å². The topological polar surface area (TPSA) is 70.1 Å². The fourth-order valence-corrected chi connectivity index (χ4v) is 1.70. The van der Waals surface area contributed by atoms with Crippen LogP contribution in [0.25, 0.3) is 21.9 Å². The normalized spacial score (nSPS) is 11.4. The molecule has 0 aliphatic carbocycles. The summed E-state index contributed by atoms with van der Waals surface area (Å²) in [7, 11) is 0. The van der Waals surface area contributed by atoms with Gasteiger partial charge in [0.15, 0.2) is 0 Å². The molecule has 2 aromatic heterocycles. The van der Waals surface area contributed by atoms with Crippen LogP contribution >= 0.6 is 0 Å². The lowest BCUT2D eigenvalue weighted by Crippen LogP contribution is -2.04. The lowest BCUT2D eigenvalue weighted by molar-refractivity contribution is 0.617. The smallest absolute Gasteiger partial charge is 0.138 e. The van der Waals surface area contributed by atoms with Crippen molar-refractivity contribution in [2.75, 3.05) is 11.6 Å². The van der Waals surface area contributed by atoms with Crippen molar-refractivity contribution in [1.82, 2.24) is 4.68 Å². The summed E-state index contributed by atoms with van der Waals surface area (Å²) in [6.45, 7) is 0. The van der Waals surface area contributed by atoms with Gasteiger partial charge in [-0.2, -0.15) is 0 Å². The Morgan fingerprint density at radius 2 is 2.14 bits per heavy atom. The maximum absolute atomic E-state index is 5.74. The molecule has 0 spiro atoms. The predicted molar refractivity (Wildman–Crippen MR) is 56.3 cm³/mol. The van der Waals surface area contributed by atoms with E-state index in [0.717, 1.165) is 21.9 Å². The minimum atomic E-state index is 0.659. The second-order valence-corrected chi connectivity index (χ2v) is 3.32. The standard InChI is InChI=1S/C10H9N3O/c11-8-5-14-10-4-9-6(3-7(8)10)1-2-13(9)12/h1-5H,11-12H2. The quantitative estimate of drug-likeness (QED) is 0.526. The first-order chi connectivity index (χ1) is 6.75. The van der Waals surface area contributed by atoms with E-state index in [1.165, 1.54) is 0 Å². The van der Waals surface area contributed by atoms with Gasteiger partial charge in [-0.05, 0) is 12.1 Å². The van der Waals surface area contributed by atoms with E-state index >= 15 is 0 Å². The molecule has 0 saturated heterocycles. The molecule has 0 aliphatic rings. The van der Waals surface area contributed by atoms with E-state index in [4.69, 9.17) is 16.0 Å². The summed E-state index contributed by atoms with van der Waals surface area (Å²) in [6, 6.07) is 5.81. The van der Waals surface area contributed by atoms with Crippen molar-refractivity contribution < 1.29 is 4.42 Å². The number of benzene rings is 1. The van der Waals surface area contributed by atoms with Crippen LogP contribution in [0, 0.1) is 0 Å². The highest BCUT2D eigenvalue weighted by Gasteiger charge is 2.06. The number of hydrogen-bond acceptors (Lipinski definition) is 3. The lowest BCUT2D eigenvalue weighted by atomic mass is 10.2. The first kappa shape index (κ1) is 7.32. The molecule has 3 rings (SSSR count). The molecule has 70 valence electrons. The van der Waals surface area contributed by atoms with E-state index in [1.807, 2.05) is 18.2 Å². The zero-order valence-electron chi connectivity index (χ0n) is 7.40. The molecule has 4 heteroatoms. The maximum Gasteiger partial charge on any atom is 0.138 e. The van der Waals surface area contributed by atoms with Crippen molar-refractivity contribution in [1.29, 1.82) is 0 Å². The molecule has 1 aromatic carbocycles. The second kappa shape index (κ2) is 2.23. The zero-order valence-corrected chi connectivity index (χ0v) is 7.40. The lowest BCUT2D eigenvalue weighted by Gasteiger charge is -1.96. The first-order valence-electron chi connectivity index (χ1n) is 4.28. The summed E-state index contributed by atoms with van der Waals surface area (Å²) < 4.78 is 6.85. The van der Waals surface area contributed by atoms with E-state index in [2.05, 4.69) is 0 Å². The molecule has 0 unspecified atom stereocenters. The van der Waals surface area contributed by atoms with E-state index in [-0.39, 0.29) is 0 Å². The average Bonchev–Trinajstić information content (AvgIpc) is 2.71. The molecule has 14 heavy (non-hydrogen) atoms. The second-order valence-electron chi connectivity index (χ2n) is 3.32. The van der Waals surface area contributed by atoms with Gasteiger partial charge in [-0.25, -0.2) is 0 Å². The van der Waals surface area contributed by atoms with Crippen LogP contribution in [0.5, 0.6) is 0 Å². The first-order valence-corrected chi connectivity index (χ1v) is 4.28. The minimum absolute atomic E-state index is 0.659. The van der Waals surface area contributed by atoms with Gasteiger partial charge in [0.2, 0.25) is 0 Å². The molecule has 0 bridgehead atoms. The Morgan fingerprint density at radius 1 is 1.29 bits per heavy atom. The van der Waals surface area contributed by atoms with Gasteiger partial charge in [-0.15, -0.1) is 0 Å². The van der Waals surface area contributed by atoms with Gasteiger partial charge in [-0.3, -0.25) is 4.68 Å². The van der Waals surface area contributed by atoms with Gasteiger partial charge >= 0.3 is 0 Å². The van der Waals surface area contributed by atoms with Gasteiger partial charge in [0, 0.05) is 23.0 Å². The number of nitrogen functional groups attached to an aromatic ring is 2. The molecule has 0 radical (unpaired) electrons. The van der Waals surface area contributed by atoms with Crippen molar-refractivity contribution in [3.63, 3.8) is 0 Å². The van der Waals surface area contributed by atoms with Crippen LogP contribution in [0.4, 0.5) is 5.69 Å². The Hall–Kier alpha value is -2.10. The van der Waals surface area contributed by atoms with Gasteiger partial charge < -0.3 is 16.0 Å². The summed E-state index contributed by atoms with van der Waals surface area (Å²) in [5.41, 5.74) is 8.10. The summed E-state index contributed by atoms with van der Waals surface area (Å²) in [6.07, 6.45) is 3.35. The largest absolute Gasteiger partial charge is 0.462 e. The number of anilines is 1. The van der Waals surface area contributed by atoms with Crippen molar-refractivity contribution in [3.05, 3.63) is 30.7 Å². The summed E-state index contributed by atoms with van der Waals surface area (Å²) in [5.74, 6) is 5.72. The molecular weight excluding hydrogens is 178 g/mol. The van der Waals surface area contributed by atoms with Crippen molar-refractivity contribution in [2.45, 2.75) is 0 Å². The highest BCUT2D eigenvalue weighted by Crippen LogP contribution is 2.28. The molecule has 0 saturated carbocycles. The molecular formula is C10H9N3O. The van der Waals surface area contributed by atoms with Crippen LogP contribution in [-0.4, -0.2) is 4.68 Å².